The highest BCUT2D eigenvalue weighted by atomic mass is 32.1. The van der Waals surface area contributed by atoms with E-state index in [0.29, 0.717) is 11.6 Å². The summed E-state index contributed by atoms with van der Waals surface area (Å²) in [6.07, 6.45) is 3.62. The second-order valence-corrected chi connectivity index (χ2v) is 7.91. The summed E-state index contributed by atoms with van der Waals surface area (Å²) >= 11 is 1.60. The van der Waals surface area contributed by atoms with Crippen LogP contribution in [0.4, 0.5) is 11.5 Å². The largest absolute Gasteiger partial charge is 0.266 e. The molecule has 0 atom stereocenters. The van der Waals surface area contributed by atoms with Crippen LogP contribution in [0, 0.1) is 13.8 Å². The molecule has 0 aliphatic carbocycles. The van der Waals surface area contributed by atoms with Crippen molar-refractivity contribution in [3.63, 3.8) is 0 Å². The Kier molecular flexibility index (Phi) is 4.65. The van der Waals surface area contributed by atoms with Gasteiger partial charge in [0.1, 0.15) is 10.7 Å². The predicted molar refractivity (Wildman–Crippen MR) is 120 cm³/mol. The number of aryl methyl sites for hydroxylation is 2. The van der Waals surface area contributed by atoms with E-state index in [0.717, 1.165) is 32.5 Å². The molecule has 5 aromatic rings. The third kappa shape index (κ3) is 3.40. The molecule has 0 radical (unpaired) electrons. The lowest BCUT2D eigenvalue weighted by molar-refractivity contribution is 1.07. The fraction of sp³-hybridized carbons (Fsp3) is 0.0870. The molecule has 0 fully saturated rings. The molecule has 3 aromatic heterocycles. The van der Waals surface area contributed by atoms with Crippen molar-refractivity contribution in [1.82, 2.24) is 19.4 Å². The molecule has 0 amide bonds. The van der Waals surface area contributed by atoms with Crippen LogP contribution in [0.25, 0.3) is 26.9 Å². The van der Waals surface area contributed by atoms with E-state index in [1.54, 1.807) is 17.5 Å². The predicted octanol–water partition coefficient (Wildman–Crippen LogP) is 6.55. The van der Waals surface area contributed by atoms with E-state index in [1.807, 2.05) is 73.0 Å². The van der Waals surface area contributed by atoms with Gasteiger partial charge in [-0.25, -0.2) is 15.0 Å². The summed E-state index contributed by atoms with van der Waals surface area (Å²) in [6, 6.07) is 20.0. The Morgan fingerprint density at radius 1 is 0.867 bits per heavy atom. The number of hydrogen-bond donors (Lipinski definition) is 0. The zero-order valence-electron chi connectivity index (χ0n) is 16.5. The first-order valence-electron chi connectivity index (χ1n) is 9.54. The smallest absolute Gasteiger partial charge is 0.236 e. The Morgan fingerprint density at radius 2 is 1.67 bits per heavy atom. The van der Waals surface area contributed by atoms with Crippen LogP contribution in [-0.4, -0.2) is 19.4 Å². The molecule has 5 rings (SSSR count). The van der Waals surface area contributed by atoms with Crippen LogP contribution in [0.1, 0.15) is 11.3 Å². The quantitative estimate of drug-likeness (QED) is 0.315. The summed E-state index contributed by atoms with van der Waals surface area (Å²) in [7, 11) is 0. The van der Waals surface area contributed by atoms with E-state index in [1.165, 1.54) is 5.56 Å². The molecule has 0 saturated heterocycles. The number of nitrogens with zero attached hydrogens (tertiary/aromatic N) is 6. The minimum absolute atomic E-state index is 0.583. The van der Waals surface area contributed by atoms with Gasteiger partial charge in [-0.2, -0.15) is 0 Å². The number of aromatic nitrogens is 4. The zero-order valence-corrected chi connectivity index (χ0v) is 17.3. The molecule has 0 saturated carbocycles. The van der Waals surface area contributed by atoms with Crippen molar-refractivity contribution in [2.45, 2.75) is 13.8 Å². The van der Waals surface area contributed by atoms with Gasteiger partial charge in [0.2, 0.25) is 5.78 Å². The number of hydrogen-bond acceptors (Lipinski definition) is 6. The zero-order chi connectivity index (χ0) is 20.5. The maximum Gasteiger partial charge on any atom is 0.236 e. The van der Waals surface area contributed by atoms with E-state index in [4.69, 9.17) is 9.97 Å². The molecule has 2 aromatic carbocycles. The van der Waals surface area contributed by atoms with E-state index in [9.17, 15) is 0 Å². The second-order valence-electron chi connectivity index (χ2n) is 6.91. The summed E-state index contributed by atoms with van der Waals surface area (Å²) in [5, 5.41) is 9.95. The topological polar surface area (TPSA) is 67.8 Å². The number of rotatable bonds is 4. The van der Waals surface area contributed by atoms with Gasteiger partial charge in [0.25, 0.3) is 0 Å². The average molecular weight is 411 g/mol. The monoisotopic (exact) mass is 410 g/mol. The Morgan fingerprint density at radius 3 is 2.47 bits per heavy atom. The van der Waals surface area contributed by atoms with Gasteiger partial charge in [-0.1, -0.05) is 48.0 Å². The Hall–Kier alpha value is -3.71. The maximum atomic E-state index is 4.77. The lowest BCUT2D eigenvalue weighted by Crippen LogP contribution is -1.84. The Labute approximate surface area is 177 Å². The molecular formula is C23H18N6S. The van der Waals surface area contributed by atoms with Crippen molar-refractivity contribution in [3.8, 4) is 21.1 Å². The van der Waals surface area contributed by atoms with E-state index >= 15 is 0 Å². The van der Waals surface area contributed by atoms with Crippen molar-refractivity contribution < 1.29 is 0 Å². The Balaban J connectivity index is 1.64. The third-order valence-electron chi connectivity index (χ3n) is 4.71. The second kappa shape index (κ2) is 7.61. The van der Waals surface area contributed by atoms with Crippen LogP contribution in [0.15, 0.2) is 83.3 Å². The van der Waals surface area contributed by atoms with Gasteiger partial charge in [0.15, 0.2) is 5.82 Å². The molecule has 7 heteroatoms. The minimum Gasteiger partial charge on any atom is -0.266 e. The number of thiazole rings is 1. The van der Waals surface area contributed by atoms with Crippen molar-refractivity contribution in [2.75, 3.05) is 0 Å². The number of azo groups is 1. The van der Waals surface area contributed by atoms with E-state index in [-0.39, 0.29) is 0 Å². The van der Waals surface area contributed by atoms with Gasteiger partial charge in [-0.3, -0.25) is 4.40 Å². The van der Waals surface area contributed by atoms with Gasteiger partial charge in [0.05, 0.1) is 16.3 Å². The lowest BCUT2D eigenvalue weighted by Gasteiger charge is -1.98. The fourth-order valence-electron chi connectivity index (χ4n) is 3.16. The van der Waals surface area contributed by atoms with E-state index < -0.39 is 0 Å². The molecule has 6 nitrogen and oxygen atoms in total. The third-order valence-corrected chi connectivity index (χ3v) is 5.92. The summed E-state index contributed by atoms with van der Waals surface area (Å²) in [6.45, 7) is 4.04. The first-order chi connectivity index (χ1) is 14.7. The molecule has 0 bridgehead atoms. The van der Waals surface area contributed by atoms with Crippen LogP contribution in [0.2, 0.25) is 0 Å². The number of benzene rings is 2. The highest BCUT2D eigenvalue weighted by Crippen LogP contribution is 2.39. The maximum absolute atomic E-state index is 4.77. The lowest BCUT2D eigenvalue weighted by atomic mass is 10.2. The summed E-state index contributed by atoms with van der Waals surface area (Å²) in [5.74, 6) is 1.23. The molecule has 0 aliphatic heterocycles. The average Bonchev–Trinajstić information content (AvgIpc) is 3.34. The van der Waals surface area contributed by atoms with Crippen LogP contribution < -0.4 is 0 Å². The molecule has 0 unspecified atom stereocenters. The van der Waals surface area contributed by atoms with Crippen molar-refractivity contribution >= 4 is 28.6 Å². The molecule has 3 heterocycles. The van der Waals surface area contributed by atoms with Crippen LogP contribution in [-0.2, 0) is 0 Å². The molecule has 146 valence electrons. The SMILES string of the molecule is Cc1ccc(N=Nc2c(-c3sc(-c4ccccc4)nc3C)nc3ncccn23)cc1. The highest BCUT2D eigenvalue weighted by Gasteiger charge is 2.20. The summed E-state index contributed by atoms with van der Waals surface area (Å²) in [4.78, 5) is 14.9. The van der Waals surface area contributed by atoms with Crippen LogP contribution in [0.3, 0.4) is 0 Å². The van der Waals surface area contributed by atoms with Crippen molar-refractivity contribution in [1.29, 1.82) is 0 Å². The minimum atomic E-state index is 0.583. The van der Waals surface area contributed by atoms with Gasteiger partial charge in [-0.05, 0) is 32.0 Å². The first-order valence-corrected chi connectivity index (χ1v) is 10.4. The first kappa shape index (κ1) is 18.3. The molecular weight excluding hydrogens is 392 g/mol. The van der Waals surface area contributed by atoms with Gasteiger partial charge in [0, 0.05) is 18.0 Å². The fourth-order valence-corrected chi connectivity index (χ4v) is 4.22. The van der Waals surface area contributed by atoms with Crippen LogP contribution in [0.5, 0.6) is 0 Å². The molecule has 0 aliphatic rings. The van der Waals surface area contributed by atoms with Gasteiger partial charge < -0.3 is 0 Å². The highest BCUT2D eigenvalue weighted by molar-refractivity contribution is 7.18. The normalized spacial score (nSPS) is 11.5. The Bertz CT molecular complexity index is 1350. The molecule has 30 heavy (non-hydrogen) atoms. The van der Waals surface area contributed by atoms with Gasteiger partial charge in [-0.15, -0.1) is 21.6 Å². The number of imidazole rings is 1. The number of fused-ring (bicyclic) bond motifs is 1. The molecule has 0 spiro atoms. The molecule has 0 N–H and O–H groups in total. The van der Waals surface area contributed by atoms with E-state index in [2.05, 4.69) is 27.3 Å². The van der Waals surface area contributed by atoms with Crippen LogP contribution >= 0.6 is 11.3 Å². The van der Waals surface area contributed by atoms with Crippen molar-refractivity contribution in [3.05, 3.63) is 84.3 Å². The van der Waals surface area contributed by atoms with Crippen molar-refractivity contribution in [2.24, 2.45) is 10.2 Å². The van der Waals surface area contributed by atoms with Gasteiger partial charge >= 0.3 is 0 Å². The summed E-state index contributed by atoms with van der Waals surface area (Å²) in [5.41, 5.74) is 4.70. The summed E-state index contributed by atoms with van der Waals surface area (Å²) < 4.78 is 1.86. The standard InChI is InChI=1S/C23H18N6S/c1-15-9-11-18(12-10-15)27-28-21-19(26-23-24-13-6-14-29(21)23)20-16(2)25-22(30-20)17-7-4-3-5-8-17/h3-14H,1-2H3.